The van der Waals surface area contributed by atoms with Crippen molar-refractivity contribution in [3.05, 3.63) is 0 Å². The van der Waals surface area contributed by atoms with Gasteiger partial charge >= 0.3 is 0 Å². The molecule has 2 aliphatic carbocycles. The lowest BCUT2D eigenvalue weighted by Gasteiger charge is -2.42. The molecule has 0 aromatic carbocycles. The van der Waals surface area contributed by atoms with Gasteiger partial charge in [-0.15, -0.1) is 0 Å². The lowest BCUT2D eigenvalue weighted by Crippen LogP contribution is -2.43. The van der Waals surface area contributed by atoms with Crippen molar-refractivity contribution >= 4 is 0 Å². The Labute approximate surface area is 98.9 Å². The highest BCUT2D eigenvalue weighted by Crippen LogP contribution is 2.38. The first-order valence-electron chi connectivity index (χ1n) is 6.80. The minimum absolute atomic E-state index is 0.193. The van der Waals surface area contributed by atoms with Crippen LogP contribution in [-0.2, 0) is 9.47 Å². The SMILES string of the molecule is CCOCCOC1(CCNC2CC2)CCC1. The fourth-order valence-corrected chi connectivity index (χ4v) is 2.29. The molecule has 94 valence electrons. The monoisotopic (exact) mass is 227 g/mol. The van der Waals surface area contributed by atoms with Crippen LogP contribution in [0.15, 0.2) is 0 Å². The molecule has 2 fully saturated rings. The third kappa shape index (κ3) is 3.72. The van der Waals surface area contributed by atoms with Crippen molar-refractivity contribution in [3.8, 4) is 0 Å². The Morgan fingerprint density at radius 3 is 2.62 bits per heavy atom. The van der Waals surface area contributed by atoms with Gasteiger partial charge in [-0.1, -0.05) is 0 Å². The van der Waals surface area contributed by atoms with Crippen LogP contribution in [0.1, 0.15) is 45.4 Å². The van der Waals surface area contributed by atoms with Crippen molar-refractivity contribution in [1.82, 2.24) is 5.32 Å². The smallest absolute Gasteiger partial charge is 0.0708 e. The van der Waals surface area contributed by atoms with Crippen molar-refractivity contribution in [2.45, 2.75) is 57.1 Å². The number of hydrogen-bond acceptors (Lipinski definition) is 3. The molecule has 2 saturated carbocycles. The molecule has 0 unspecified atom stereocenters. The number of ether oxygens (including phenoxy) is 2. The van der Waals surface area contributed by atoms with Gasteiger partial charge in [0.2, 0.25) is 0 Å². The van der Waals surface area contributed by atoms with Crippen molar-refractivity contribution in [2.75, 3.05) is 26.4 Å². The minimum Gasteiger partial charge on any atom is -0.379 e. The van der Waals surface area contributed by atoms with E-state index in [2.05, 4.69) is 5.32 Å². The van der Waals surface area contributed by atoms with Crippen LogP contribution in [-0.4, -0.2) is 38.0 Å². The Kier molecular flexibility index (Phi) is 4.62. The fourth-order valence-electron chi connectivity index (χ4n) is 2.29. The van der Waals surface area contributed by atoms with Crippen LogP contribution < -0.4 is 5.32 Å². The van der Waals surface area contributed by atoms with E-state index in [1.807, 2.05) is 6.92 Å². The van der Waals surface area contributed by atoms with E-state index in [1.54, 1.807) is 0 Å². The van der Waals surface area contributed by atoms with E-state index < -0.39 is 0 Å². The summed E-state index contributed by atoms with van der Waals surface area (Å²) in [4.78, 5) is 0. The molecule has 0 aliphatic heterocycles. The molecule has 0 saturated heterocycles. The Bertz CT molecular complexity index is 200. The average molecular weight is 227 g/mol. The van der Waals surface area contributed by atoms with E-state index in [1.165, 1.54) is 38.5 Å². The van der Waals surface area contributed by atoms with E-state index in [0.29, 0.717) is 0 Å². The summed E-state index contributed by atoms with van der Waals surface area (Å²) < 4.78 is 11.3. The molecule has 3 heteroatoms. The maximum absolute atomic E-state index is 6.00. The van der Waals surface area contributed by atoms with Crippen LogP contribution in [0.5, 0.6) is 0 Å². The highest BCUT2D eigenvalue weighted by Gasteiger charge is 2.37. The highest BCUT2D eigenvalue weighted by atomic mass is 16.5. The molecule has 16 heavy (non-hydrogen) atoms. The molecule has 2 rings (SSSR count). The molecule has 1 N–H and O–H groups in total. The van der Waals surface area contributed by atoms with Gasteiger partial charge in [-0.25, -0.2) is 0 Å². The van der Waals surface area contributed by atoms with Crippen LogP contribution in [0.25, 0.3) is 0 Å². The zero-order valence-electron chi connectivity index (χ0n) is 10.5. The standard InChI is InChI=1S/C13H25NO2/c1-2-15-10-11-16-13(6-3-7-13)8-9-14-12-4-5-12/h12,14H,2-11H2,1H3. The third-order valence-electron chi connectivity index (χ3n) is 3.70. The molecule has 0 heterocycles. The van der Waals surface area contributed by atoms with Crippen LogP contribution in [0.3, 0.4) is 0 Å². The Morgan fingerprint density at radius 1 is 1.25 bits per heavy atom. The van der Waals surface area contributed by atoms with Gasteiger partial charge in [0.1, 0.15) is 0 Å². The van der Waals surface area contributed by atoms with Crippen molar-refractivity contribution < 1.29 is 9.47 Å². The summed E-state index contributed by atoms with van der Waals surface area (Å²) in [7, 11) is 0. The normalized spacial score (nSPS) is 23.1. The summed E-state index contributed by atoms with van der Waals surface area (Å²) in [5, 5.41) is 3.57. The lowest BCUT2D eigenvalue weighted by molar-refractivity contribution is -0.117. The van der Waals surface area contributed by atoms with Crippen LogP contribution in [0, 0.1) is 0 Å². The molecule has 0 aromatic rings. The summed E-state index contributed by atoms with van der Waals surface area (Å²) in [6, 6.07) is 0.820. The van der Waals surface area contributed by atoms with Gasteiger partial charge in [-0.05, 0) is 52.0 Å². The predicted octanol–water partition coefficient (Wildman–Crippen LogP) is 2.10. The maximum atomic E-state index is 6.00. The van der Waals surface area contributed by atoms with E-state index >= 15 is 0 Å². The van der Waals surface area contributed by atoms with Crippen LogP contribution in [0.4, 0.5) is 0 Å². The molecule has 0 aromatic heterocycles. The molecule has 2 aliphatic rings. The van der Waals surface area contributed by atoms with E-state index in [9.17, 15) is 0 Å². The van der Waals surface area contributed by atoms with Crippen molar-refractivity contribution in [2.24, 2.45) is 0 Å². The second kappa shape index (κ2) is 5.99. The lowest BCUT2D eigenvalue weighted by atomic mass is 9.77. The van der Waals surface area contributed by atoms with Crippen molar-refractivity contribution in [1.29, 1.82) is 0 Å². The first-order valence-corrected chi connectivity index (χ1v) is 6.80. The molecule has 0 bridgehead atoms. The Hall–Kier alpha value is -0.120. The number of hydrogen-bond donors (Lipinski definition) is 1. The Morgan fingerprint density at radius 2 is 2.06 bits per heavy atom. The minimum atomic E-state index is 0.193. The topological polar surface area (TPSA) is 30.5 Å². The number of rotatable bonds is 9. The average Bonchev–Trinajstić information content (AvgIpc) is 3.03. The molecular weight excluding hydrogens is 202 g/mol. The van der Waals surface area contributed by atoms with E-state index in [-0.39, 0.29) is 5.60 Å². The van der Waals surface area contributed by atoms with Gasteiger partial charge in [-0.2, -0.15) is 0 Å². The molecule has 0 spiro atoms. The first kappa shape index (κ1) is 12.3. The van der Waals surface area contributed by atoms with Crippen LogP contribution >= 0.6 is 0 Å². The van der Waals surface area contributed by atoms with Crippen molar-refractivity contribution in [3.63, 3.8) is 0 Å². The highest BCUT2D eigenvalue weighted by molar-refractivity contribution is 4.91. The molecule has 3 nitrogen and oxygen atoms in total. The van der Waals surface area contributed by atoms with Gasteiger partial charge < -0.3 is 14.8 Å². The zero-order valence-corrected chi connectivity index (χ0v) is 10.5. The molecule has 0 atom stereocenters. The quantitative estimate of drug-likeness (QED) is 0.612. The zero-order chi connectivity index (χ0) is 11.3. The third-order valence-corrected chi connectivity index (χ3v) is 3.70. The van der Waals surface area contributed by atoms with Gasteiger partial charge in [0, 0.05) is 12.6 Å². The first-order chi connectivity index (χ1) is 7.85. The van der Waals surface area contributed by atoms with E-state index in [4.69, 9.17) is 9.47 Å². The van der Waals surface area contributed by atoms with Crippen LogP contribution in [0.2, 0.25) is 0 Å². The molecule has 0 amide bonds. The maximum Gasteiger partial charge on any atom is 0.0708 e. The second-order valence-corrected chi connectivity index (χ2v) is 5.06. The van der Waals surface area contributed by atoms with Gasteiger partial charge in [0.15, 0.2) is 0 Å². The summed E-state index contributed by atoms with van der Waals surface area (Å²) in [6.07, 6.45) is 7.74. The van der Waals surface area contributed by atoms with Gasteiger partial charge in [0.25, 0.3) is 0 Å². The summed E-state index contributed by atoms with van der Waals surface area (Å²) in [6.45, 7) is 5.45. The second-order valence-electron chi connectivity index (χ2n) is 5.06. The largest absolute Gasteiger partial charge is 0.379 e. The van der Waals surface area contributed by atoms with Gasteiger partial charge in [-0.3, -0.25) is 0 Å². The van der Waals surface area contributed by atoms with Gasteiger partial charge in [0.05, 0.1) is 18.8 Å². The molecule has 0 radical (unpaired) electrons. The fraction of sp³-hybridized carbons (Fsp3) is 1.00. The predicted molar refractivity (Wildman–Crippen MR) is 64.7 cm³/mol. The summed E-state index contributed by atoms with van der Waals surface area (Å²) >= 11 is 0. The summed E-state index contributed by atoms with van der Waals surface area (Å²) in [5.41, 5.74) is 0.193. The van der Waals surface area contributed by atoms with E-state index in [0.717, 1.165) is 32.4 Å². The molecular formula is C13H25NO2. The Balaban J connectivity index is 1.57. The summed E-state index contributed by atoms with van der Waals surface area (Å²) in [5.74, 6) is 0. The number of nitrogens with one attached hydrogen (secondary N) is 1.